The Hall–Kier alpha value is -2.01. The van der Waals surface area contributed by atoms with Gasteiger partial charge in [-0.3, -0.25) is 25.3 Å². The molecular weight excluding hydrogens is 389 g/mol. The number of nitrogen functional groups attached to an aromatic ring is 1. The van der Waals surface area contributed by atoms with Crippen LogP contribution in [0.15, 0.2) is 29.3 Å². The predicted molar refractivity (Wildman–Crippen MR) is 86.0 cm³/mol. The molecule has 0 spiro atoms. The van der Waals surface area contributed by atoms with Crippen LogP contribution in [-0.4, -0.2) is 14.5 Å². The molecule has 2 aromatic rings. The van der Waals surface area contributed by atoms with Crippen molar-refractivity contribution in [1.29, 1.82) is 0 Å². The van der Waals surface area contributed by atoms with Gasteiger partial charge < -0.3 is 5.43 Å². The number of aryl methyl sites for hydroxylation is 1. The Morgan fingerprint density at radius 3 is 2.86 bits per heavy atom. The van der Waals surface area contributed by atoms with E-state index in [0.717, 1.165) is 0 Å². The molecule has 0 fully saturated rings. The Morgan fingerprint density at radius 1 is 1.52 bits per heavy atom. The van der Waals surface area contributed by atoms with E-state index in [-0.39, 0.29) is 23.5 Å². The number of anilines is 1. The third-order valence-corrected chi connectivity index (χ3v) is 4.21. The average molecular weight is 401 g/mol. The number of rotatable bonds is 4. The number of para-hydroxylation sites is 1. The molecule has 0 aliphatic heterocycles. The minimum absolute atomic E-state index is 0.141. The highest BCUT2D eigenvalue weighted by atomic mass is 127. The third-order valence-electron chi connectivity index (χ3n) is 2.97. The molecule has 3 N–H and O–H groups in total. The van der Waals surface area contributed by atoms with E-state index < -0.39 is 4.92 Å². The molecule has 0 radical (unpaired) electrons. The lowest BCUT2D eigenvalue weighted by Crippen LogP contribution is -2.25. The van der Waals surface area contributed by atoms with Gasteiger partial charge in [-0.1, -0.05) is 12.1 Å². The van der Waals surface area contributed by atoms with Gasteiger partial charge in [0, 0.05) is 11.6 Å². The summed E-state index contributed by atoms with van der Waals surface area (Å²) < 4.78 is 1.90. The van der Waals surface area contributed by atoms with Gasteiger partial charge in [-0.2, -0.15) is 0 Å². The number of hydrogen-bond donors (Lipinski definition) is 2. The fourth-order valence-electron chi connectivity index (χ4n) is 1.88. The number of hydrazine groups is 1. The van der Waals surface area contributed by atoms with Crippen LogP contribution in [0.25, 0.3) is 0 Å². The number of nitro groups is 1. The summed E-state index contributed by atoms with van der Waals surface area (Å²) in [6, 6.07) is 4.56. The second-order valence-corrected chi connectivity index (χ2v) is 5.37. The number of nitro benzene ring substituents is 1. The molecule has 0 amide bonds. The SMILES string of the molecule is Cc1ncn(Cc2cccc([N+](=O)[O-])c2NN)c(=O)c1I. The van der Waals surface area contributed by atoms with E-state index in [1.807, 2.05) is 22.6 Å². The minimum atomic E-state index is -0.529. The van der Waals surface area contributed by atoms with E-state index in [4.69, 9.17) is 5.84 Å². The molecule has 8 nitrogen and oxygen atoms in total. The van der Waals surface area contributed by atoms with Gasteiger partial charge in [-0.25, -0.2) is 4.98 Å². The Kier molecular flexibility index (Phi) is 4.53. The van der Waals surface area contributed by atoms with Crippen molar-refractivity contribution in [1.82, 2.24) is 9.55 Å². The number of nitrogens with zero attached hydrogens (tertiary/aromatic N) is 3. The summed E-state index contributed by atoms with van der Waals surface area (Å²) in [5.41, 5.74) is 3.36. The molecule has 0 saturated carbocycles. The molecule has 0 atom stereocenters. The fourth-order valence-corrected chi connectivity index (χ4v) is 2.33. The van der Waals surface area contributed by atoms with Gasteiger partial charge in [0.15, 0.2) is 0 Å². The second kappa shape index (κ2) is 6.18. The van der Waals surface area contributed by atoms with E-state index in [1.165, 1.54) is 17.0 Å². The third kappa shape index (κ3) is 3.03. The zero-order chi connectivity index (χ0) is 15.6. The number of hydrogen-bond acceptors (Lipinski definition) is 6. The molecule has 2 rings (SSSR count). The molecule has 0 aliphatic carbocycles. The van der Waals surface area contributed by atoms with Crippen LogP contribution in [0.3, 0.4) is 0 Å². The first kappa shape index (κ1) is 15.4. The fraction of sp³-hybridized carbons (Fsp3) is 0.167. The van der Waals surface area contributed by atoms with E-state index in [0.29, 0.717) is 14.8 Å². The largest absolute Gasteiger partial charge is 0.318 e. The summed E-state index contributed by atoms with van der Waals surface area (Å²) in [6.45, 7) is 1.89. The summed E-state index contributed by atoms with van der Waals surface area (Å²) in [4.78, 5) is 26.7. The monoisotopic (exact) mass is 401 g/mol. The maximum absolute atomic E-state index is 12.1. The van der Waals surface area contributed by atoms with Crippen LogP contribution in [0.1, 0.15) is 11.3 Å². The highest BCUT2D eigenvalue weighted by molar-refractivity contribution is 14.1. The zero-order valence-electron chi connectivity index (χ0n) is 11.0. The van der Waals surface area contributed by atoms with E-state index in [9.17, 15) is 14.9 Å². The number of benzene rings is 1. The lowest BCUT2D eigenvalue weighted by atomic mass is 10.1. The lowest BCUT2D eigenvalue weighted by Gasteiger charge is -2.11. The van der Waals surface area contributed by atoms with E-state index >= 15 is 0 Å². The number of halogens is 1. The van der Waals surface area contributed by atoms with Gasteiger partial charge in [0.2, 0.25) is 0 Å². The highest BCUT2D eigenvalue weighted by Crippen LogP contribution is 2.27. The van der Waals surface area contributed by atoms with Gasteiger partial charge in [0.1, 0.15) is 5.69 Å². The first-order valence-electron chi connectivity index (χ1n) is 5.90. The number of nitrogens with two attached hydrogens (primary N) is 1. The Labute approximate surface area is 133 Å². The van der Waals surface area contributed by atoms with E-state index in [2.05, 4.69) is 10.4 Å². The van der Waals surface area contributed by atoms with Gasteiger partial charge in [-0.05, 0) is 29.5 Å². The van der Waals surface area contributed by atoms with E-state index in [1.54, 1.807) is 19.1 Å². The number of nitrogens with one attached hydrogen (secondary N) is 1. The molecular formula is C12H12IN5O3. The highest BCUT2D eigenvalue weighted by Gasteiger charge is 2.17. The molecule has 1 aromatic heterocycles. The lowest BCUT2D eigenvalue weighted by molar-refractivity contribution is -0.384. The molecule has 0 unspecified atom stereocenters. The van der Waals surface area contributed by atoms with Crippen molar-refractivity contribution in [2.45, 2.75) is 13.5 Å². The van der Waals surface area contributed by atoms with Gasteiger partial charge in [0.05, 0.1) is 27.1 Å². The van der Waals surface area contributed by atoms with Crippen LogP contribution in [-0.2, 0) is 6.54 Å². The summed E-state index contributed by atoms with van der Waals surface area (Å²) in [6.07, 6.45) is 1.42. The van der Waals surface area contributed by atoms with Crippen molar-refractivity contribution in [3.8, 4) is 0 Å². The second-order valence-electron chi connectivity index (χ2n) is 4.29. The molecule has 21 heavy (non-hydrogen) atoms. The van der Waals surface area contributed by atoms with Crippen molar-refractivity contribution in [2.75, 3.05) is 5.43 Å². The summed E-state index contributed by atoms with van der Waals surface area (Å²) >= 11 is 1.93. The zero-order valence-corrected chi connectivity index (χ0v) is 13.2. The Bertz CT molecular complexity index is 759. The maximum atomic E-state index is 12.1. The minimum Gasteiger partial charge on any atom is -0.318 e. The molecule has 0 aliphatic rings. The quantitative estimate of drug-likeness (QED) is 0.346. The van der Waals surface area contributed by atoms with Crippen molar-refractivity contribution < 1.29 is 4.92 Å². The Balaban J connectivity index is 2.50. The smallest absolute Gasteiger partial charge is 0.293 e. The first-order chi connectivity index (χ1) is 9.95. The van der Waals surface area contributed by atoms with Crippen molar-refractivity contribution >= 4 is 34.0 Å². The normalized spacial score (nSPS) is 10.4. The van der Waals surface area contributed by atoms with Crippen LogP contribution in [0.5, 0.6) is 0 Å². The van der Waals surface area contributed by atoms with Gasteiger partial charge in [0.25, 0.3) is 11.2 Å². The Morgan fingerprint density at radius 2 is 2.24 bits per heavy atom. The predicted octanol–water partition coefficient (Wildman–Crippen LogP) is 1.40. The molecule has 110 valence electrons. The average Bonchev–Trinajstić information content (AvgIpc) is 2.47. The van der Waals surface area contributed by atoms with Crippen molar-refractivity contribution in [2.24, 2.45) is 5.84 Å². The van der Waals surface area contributed by atoms with Crippen molar-refractivity contribution in [3.05, 3.63) is 59.8 Å². The summed E-state index contributed by atoms with van der Waals surface area (Å²) in [7, 11) is 0. The van der Waals surface area contributed by atoms with Crippen LogP contribution in [0, 0.1) is 20.6 Å². The van der Waals surface area contributed by atoms with Gasteiger partial charge >= 0.3 is 0 Å². The first-order valence-corrected chi connectivity index (χ1v) is 6.98. The standard InChI is InChI=1S/C12H12IN5O3/c1-7-10(13)12(19)17(6-15-7)5-8-3-2-4-9(18(20)21)11(8)16-14/h2-4,6,16H,5,14H2,1H3. The topological polar surface area (TPSA) is 116 Å². The van der Waals surface area contributed by atoms with Crippen LogP contribution < -0.4 is 16.8 Å². The van der Waals surface area contributed by atoms with Crippen LogP contribution >= 0.6 is 22.6 Å². The number of aromatic nitrogens is 2. The molecule has 9 heteroatoms. The van der Waals surface area contributed by atoms with Crippen LogP contribution in [0.4, 0.5) is 11.4 Å². The molecule has 0 bridgehead atoms. The van der Waals surface area contributed by atoms with Gasteiger partial charge in [-0.15, -0.1) is 0 Å². The summed E-state index contributed by atoms with van der Waals surface area (Å²) in [5, 5.41) is 11.0. The molecule has 0 saturated heterocycles. The molecule has 1 heterocycles. The molecule has 1 aromatic carbocycles. The van der Waals surface area contributed by atoms with Crippen molar-refractivity contribution in [3.63, 3.8) is 0 Å². The summed E-state index contributed by atoms with van der Waals surface area (Å²) in [5.74, 6) is 5.38. The van der Waals surface area contributed by atoms with Crippen LogP contribution in [0.2, 0.25) is 0 Å². The maximum Gasteiger partial charge on any atom is 0.293 e.